The Labute approximate surface area is 113 Å². The summed E-state index contributed by atoms with van der Waals surface area (Å²) in [6, 6.07) is 13.9. The predicted octanol–water partition coefficient (Wildman–Crippen LogP) is 3.99. The molecule has 0 unspecified atom stereocenters. The van der Waals surface area contributed by atoms with Crippen molar-refractivity contribution in [2.45, 2.75) is 26.2 Å². The SMILES string of the molecule is CC(C)(C)c1ccc(Nc2ccnc(C#N)c2)cc1. The Bertz CT molecular complexity index is 601. The lowest BCUT2D eigenvalue weighted by molar-refractivity contribution is 0.590. The minimum absolute atomic E-state index is 0.156. The molecule has 0 saturated heterocycles. The van der Waals surface area contributed by atoms with Crippen molar-refractivity contribution in [3.63, 3.8) is 0 Å². The highest BCUT2D eigenvalue weighted by Gasteiger charge is 2.12. The molecule has 0 aliphatic heterocycles. The summed E-state index contributed by atoms with van der Waals surface area (Å²) in [4.78, 5) is 3.94. The fraction of sp³-hybridized carbons (Fsp3) is 0.250. The number of aromatic nitrogens is 1. The van der Waals surface area contributed by atoms with Gasteiger partial charge in [0.1, 0.15) is 11.8 Å². The lowest BCUT2D eigenvalue weighted by atomic mass is 9.87. The summed E-state index contributed by atoms with van der Waals surface area (Å²) in [6.07, 6.45) is 1.63. The monoisotopic (exact) mass is 251 g/mol. The van der Waals surface area contributed by atoms with E-state index in [4.69, 9.17) is 5.26 Å². The molecule has 96 valence electrons. The van der Waals surface area contributed by atoms with Crippen LogP contribution in [0.1, 0.15) is 32.0 Å². The number of rotatable bonds is 2. The Kier molecular flexibility index (Phi) is 3.52. The molecule has 0 fully saturated rings. The molecule has 3 nitrogen and oxygen atoms in total. The fourth-order valence-corrected chi connectivity index (χ4v) is 1.79. The van der Waals surface area contributed by atoms with Gasteiger partial charge in [-0.2, -0.15) is 5.26 Å². The zero-order valence-electron chi connectivity index (χ0n) is 11.4. The van der Waals surface area contributed by atoms with E-state index in [0.29, 0.717) is 5.69 Å². The molecule has 1 aromatic heterocycles. The second-order valence-corrected chi connectivity index (χ2v) is 5.49. The largest absolute Gasteiger partial charge is 0.355 e. The number of benzene rings is 1. The Hall–Kier alpha value is -2.34. The number of hydrogen-bond donors (Lipinski definition) is 1. The van der Waals surface area contributed by atoms with Gasteiger partial charge in [0.05, 0.1) is 0 Å². The molecule has 0 aliphatic carbocycles. The number of pyridine rings is 1. The predicted molar refractivity (Wildman–Crippen MR) is 77.4 cm³/mol. The van der Waals surface area contributed by atoms with Crippen molar-refractivity contribution in [3.8, 4) is 6.07 Å². The Morgan fingerprint density at radius 3 is 2.32 bits per heavy atom. The summed E-state index contributed by atoms with van der Waals surface area (Å²) in [5, 5.41) is 12.1. The zero-order chi connectivity index (χ0) is 13.9. The van der Waals surface area contributed by atoms with E-state index in [9.17, 15) is 0 Å². The van der Waals surface area contributed by atoms with Crippen molar-refractivity contribution in [2.24, 2.45) is 0 Å². The minimum Gasteiger partial charge on any atom is -0.355 e. The number of nitrogens with zero attached hydrogens (tertiary/aromatic N) is 2. The Morgan fingerprint density at radius 2 is 1.74 bits per heavy atom. The van der Waals surface area contributed by atoms with Crippen LogP contribution >= 0.6 is 0 Å². The molecule has 1 aromatic carbocycles. The van der Waals surface area contributed by atoms with Crippen molar-refractivity contribution >= 4 is 11.4 Å². The quantitative estimate of drug-likeness (QED) is 0.877. The zero-order valence-corrected chi connectivity index (χ0v) is 11.4. The molecule has 0 aliphatic rings. The molecule has 1 heterocycles. The van der Waals surface area contributed by atoms with Gasteiger partial charge in [0.15, 0.2) is 0 Å². The van der Waals surface area contributed by atoms with Gasteiger partial charge in [-0.05, 0) is 35.2 Å². The fourth-order valence-electron chi connectivity index (χ4n) is 1.79. The van der Waals surface area contributed by atoms with Crippen LogP contribution in [-0.4, -0.2) is 4.98 Å². The van der Waals surface area contributed by atoms with Crippen molar-refractivity contribution in [2.75, 3.05) is 5.32 Å². The van der Waals surface area contributed by atoms with Gasteiger partial charge in [0.2, 0.25) is 0 Å². The molecular weight excluding hydrogens is 234 g/mol. The third-order valence-electron chi connectivity index (χ3n) is 2.91. The maximum Gasteiger partial charge on any atom is 0.142 e. The van der Waals surface area contributed by atoms with E-state index in [-0.39, 0.29) is 5.41 Å². The first-order chi connectivity index (χ1) is 8.99. The van der Waals surface area contributed by atoms with Crippen LogP contribution in [0.5, 0.6) is 0 Å². The first-order valence-electron chi connectivity index (χ1n) is 6.23. The maximum atomic E-state index is 8.81. The van der Waals surface area contributed by atoms with Gasteiger partial charge in [-0.3, -0.25) is 0 Å². The molecule has 2 rings (SSSR count). The highest BCUT2D eigenvalue weighted by molar-refractivity contribution is 5.60. The number of hydrogen-bond acceptors (Lipinski definition) is 3. The van der Waals surface area contributed by atoms with Crippen molar-refractivity contribution in [1.29, 1.82) is 5.26 Å². The second-order valence-electron chi connectivity index (χ2n) is 5.49. The summed E-state index contributed by atoms with van der Waals surface area (Å²) in [7, 11) is 0. The van der Waals surface area contributed by atoms with Crippen LogP contribution in [0.15, 0.2) is 42.6 Å². The van der Waals surface area contributed by atoms with Gasteiger partial charge in [0, 0.05) is 17.6 Å². The van der Waals surface area contributed by atoms with Crippen LogP contribution in [0.2, 0.25) is 0 Å². The Morgan fingerprint density at radius 1 is 1.05 bits per heavy atom. The lowest BCUT2D eigenvalue weighted by Crippen LogP contribution is -2.10. The van der Waals surface area contributed by atoms with Crippen LogP contribution in [0, 0.1) is 11.3 Å². The second kappa shape index (κ2) is 5.11. The van der Waals surface area contributed by atoms with Gasteiger partial charge in [-0.15, -0.1) is 0 Å². The topological polar surface area (TPSA) is 48.7 Å². The molecule has 19 heavy (non-hydrogen) atoms. The van der Waals surface area contributed by atoms with Crippen molar-refractivity contribution in [1.82, 2.24) is 4.98 Å². The summed E-state index contributed by atoms with van der Waals surface area (Å²) < 4.78 is 0. The smallest absolute Gasteiger partial charge is 0.142 e. The molecule has 0 saturated carbocycles. The van der Waals surface area contributed by atoms with E-state index >= 15 is 0 Å². The molecule has 0 bridgehead atoms. The minimum atomic E-state index is 0.156. The first-order valence-corrected chi connectivity index (χ1v) is 6.23. The Balaban J connectivity index is 2.18. The van der Waals surface area contributed by atoms with Crippen LogP contribution < -0.4 is 5.32 Å². The normalized spacial score (nSPS) is 10.8. The van der Waals surface area contributed by atoms with Gasteiger partial charge < -0.3 is 5.32 Å². The highest BCUT2D eigenvalue weighted by Crippen LogP contribution is 2.24. The maximum absolute atomic E-state index is 8.81. The molecule has 1 N–H and O–H groups in total. The molecular formula is C16H17N3. The van der Waals surface area contributed by atoms with Crippen LogP contribution in [0.4, 0.5) is 11.4 Å². The van der Waals surface area contributed by atoms with E-state index < -0.39 is 0 Å². The molecule has 0 atom stereocenters. The number of nitriles is 1. The number of anilines is 2. The van der Waals surface area contributed by atoms with Gasteiger partial charge in [-0.1, -0.05) is 32.9 Å². The van der Waals surface area contributed by atoms with Crippen LogP contribution in [0.3, 0.4) is 0 Å². The summed E-state index contributed by atoms with van der Waals surface area (Å²) >= 11 is 0. The van der Waals surface area contributed by atoms with E-state index in [1.165, 1.54) is 5.56 Å². The molecule has 0 amide bonds. The van der Waals surface area contributed by atoms with Crippen LogP contribution in [0.25, 0.3) is 0 Å². The highest BCUT2D eigenvalue weighted by atomic mass is 14.9. The van der Waals surface area contributed by atoms with Crippen molar-refractivity contribution < 1.29 is 0 Å². The van der Waals surface area contributed by atoms with E-state index in [1.54, 1.807) is 12.3 Å². The standard InChI is InChI=1S/C16H17N3/c1-16(2,3)12-4-6-13(7-5-12)19-14-8-9-18-15(10-14)11-17/h4-10H,1-3H3,(H,18,19). The van der Waals surface area contributed by atoms with E-state index in [1.807, 2.05) is 24.3 Å². The van der Waals surface area contributed by atoms with Gasteiger partial charge in [0.25, 0.3) is 0 Å². The average molecular weight is 251 g/mol. The molecule has 2 aromatic rings. The molecule has 3 heteroatoms. The van der Waals surface area contributed by atoms with Crippen LogP contribution in [-0.2, 0) is 5.41 Å². The summed E-state index contributed by atoms with van der Waals surface area (Å²) in [5.74, 6) is 0. The first kappa shape index (κ1) is 13.1. The average Bonchev–Trinajstić information content (AvgIpc) is 2.38. The van der Waals surface area contributed by atoms with E-state index in [0.717, 1.165) is 11.4 Å². The third-order valence-corrected chi connectivity index (χ3v) is 2.91. The van der Waals surface area contributed by atoms with E-state index in [2.05, 4.69) is 43.2 Å². The van der Waals surface area contributed by atoms with Gasteiger partial charge in [-0.25, -0.2) is 4.98 Å². The summed E-state index contributed by atoms with van der Waals surface area (Å²) in [6.45, 7) is 6.58. The summed E-state index contributed by atoms with van der Waals surface area (Å²) in [5.41, 5.74) is 3.74. The lowest BCUT2D eigenvalue weighted by Gasteiger charge is -2.19. The molecule has 0 radical (unpaired) electrons. The van der Waals surface area contributed by atoms with Crippen molar-refractivity contribution in [3.05, 3.63) is 53.9 Å². The third kappa shape index (κ3) is 3.32. The number of nitrogens with one attached hydrogen (secondary N) is 1. The molecule has 0 spiro atoms. The van der Waals surface area contributed by atoms with Gasteiger partial charge >= 0.3 is 0 Å².